The summed E-state index contributed by atoms with van der Waals surface area (Å²) in [5.41, 5.74) is 1.30. The molecule has 0 saturated heterocycles. The first-order chi connectivity index (χ1) is 13.5. The maximum atomic E-state index is 13.0. The summed E-state index contributed by atoms with van der Waals surface area (Å²) in [6.07, 6.45) is 0. The Morgan fingerprint density at radius 3 is 2.54 bits per heavy atom. The van der Waals surface area contributed by atoms with E-state index in [4.69, 9.17) is 10.6 Å². The number of ether oxygens (including phenoxy) is 1. The molecule has 3 aromatic rings. The van der Waals surface area contributed by atoms with Crippen molar-refractivity contribution in [2.24, 2.45) is 0 Å². The third-order valence-corrected chi connectivity index (χ3v) is 4.91. The van der Waals surface area contributed by atoms with Crippen LogP contribution < -0.4 is 15.9 Å². The molecule has 0 fully saturated rings. The molecule has 28 heavy (non-hydrogen) atoms. The number of nitrogens with two attached hydrogens (primary N) is 1. The average Bonchev–Trinajstić information content (AvgIpc) is 3.05. The van der Waals surface area contributed by atoms with Gasteiger partial charge in [-0.15, -0.1) is 10.2 Å². The highest BCUT2D eigenvalue weighted by atomic mass is 32.2. The van der Waals surface area contributed by atoms with Crippen molar-refractivity contribution >= 4 is 23.4 Å². The van der Waals surface area contributed by atoms with Crippen molar-refractivity contribution in [2.75, 3.05) is 17.8 Å². The maximum absolute atomic E-state index is 13.0. The summed E-state index contributed by atoms with van der Waals surface area (Å²) >= 11 is 1.18. The number of hydrogen-bond donors (Lipinski definition) is 2. The molecular weight excluding hydrogens is 381 g/mol. The zero-order valence-electron chi connectivity index (χ0n) is 15.4. The first kappa shape index (κ1) is 19.7. The van der Waals surface area contributed by atoms with Gasteiger partial charge in [-0.2, -0.15) is 0 Å². The van der Waals surface area contributed by atoms with Gasteiger partial charge in [-0.3, -0.25) is 4.79 Å². The Kier molecular flexibility index (Phi) is 6.15. The molecule has 146 valence electrons. The lowest BCUT2D eigenvalue weighted by atomic mass is 10.2. The van der Waals surface area contributed by atoms with Gasteiger partial charge in [-0.1, -0.05) is 11.8 Å². The quantitative estimate of drug-likeness (QED) is 0.466. The van der Waals surface area contributed by atoms with E-state index in [1.165, 1.54) is 40.7 Å². The number of halogens is 1. The molecule has 1 aromatic heterocycles. The van der Waals surface area contributed by atoms with Crippen molar-refractivity contribution in [3.8, 4) is 17.1 Å². The minimum atomic E-state index is -0.482. The van der Waals surface area contributed by atoms with Crippen molar-refractivity contribution < 1.29 is 13.9 Å². The van der Waals surface area contributed by atoms with E-state index in [2.05, 4.69) is 15.5 Å². The molecule has 3 N–H and O–H groups in total. The lowest BCUT2D eigenvalue weighted by molar-refractivity contribution is -0.115. The molecule has 2 aromatic carbocycles. The van der Waals surface area contributed by atoms with Crippen LogP contribution in [0.3, 0.4) is 0 Å². The van der Waals surface area contributed by atoms with E-state index < -0.39 is 5.25 Å². The number of aromatic nitrogens is 3. The van der Waals surface area contributed by atoms with Crippen molar-refractivity contribution in [3.63, 3.8) is 0 Å². The second kappa shape index (κ2) is 8.75. The Bertz CT molecular complexity index is 944. The number of hydrogen-bond acceptors (Lipinski definition) is 6. The number of carbonyl (C=O) groups excluding carboxylic acids is 1. The van der Waals surface area contributed by atoms with Gasteiger partial charge in [-0.25, -0.2) is 9.07 Å². The smallest absolute Gasteiger partial charge is 0.237 e. The standard InChI is InChI=1S/C19H20FN5O2S/c1-3-27-16-10-4-13(5-11-16)17-23-24-19(25(17)21)28-12(2)18(26)22-15-8-6-14(20)7-9-15/h4-12H,3,21H2,1-2H3,(H,22,26)/t12-/m1/s1. The number of nitrogens with one attached hydrogen (secondary N) is 1. The molecule has 9 heteroatoms. The highest BCUT2D eigenvalue weighted by Crippen LogP contribution is 2.26. The Balaban J connectivity index is 1.67. The Morgan fingerprint density at radius 2 is 1.89 bits per heavy atom. The largest absolute Gasteiger partial charge is 0.494 e. The summed E-state index contributed by atoms with van der Waals surface area (Å²) in [5, 5.41) is 10.9. The monoisotopic (exact) mass is 401 g/mol. The summed E-state index contributed by atoms with van der Waals surface area (Å²) in [4.78, 5) is 12.4. The van der Waals surface area contributed by atoms with E-state index in [1.54, 1.807) is 6.92 Å². The number of nitrogen functional groups attached to an aromatic ring is 1. The summed E-state index contributed by atoms with van der Waals surface area (Å²) < 4.78 is 19.7. The van der Waals surface area contributed by atoms with E-state index in [1.807, 2.05) is 31.2 Å². The summed E-state index contributed by atoms with van der Waals surface area (Å²) in [6, 6.07) is 12.9. The number of carbonyl (C=O) groups is 1. The van der Waals surface area contributed by atoms with E-state index in [-0.39, 0.29) is 11.7 Å². The van der Waals surface area contributed by atoms with Gasteiger partial charge < -0.3 is 15.9 Å². The van der Waals surface area contributed by atoms with Crippen LogP contribution in [0.5, 0.6) is 5.75 Å². The van der Waals surface area contributed by atoms with Gasteiger partial charge >= 0.3 is 0 Å². The van der Waals surface area contributed by atoms with E-state index >= 15 is 0 Å². The average molecular weight is 401 g/mol. The van der Waals surface area contributed by atoms with Crippen LogP contribution in [0.2, 0.25) is 0 Å². The van der Waals surface area contributed by atoms with Gasteiger partial charge in [0.1, 0.15) is 11.6 Å². The number of anilines is 1. The van der Waals surface area contributed by atoms with Crippen LogP contribution >= 0.6 is 11.8 Å². The zero-order valence-corrected chi connectivity index (χ0v) is 16.2. The Labute approximate surface area is 166 Å². The molecule has 0 radical (unpaired) electrons. The fourth-order valence-corrected chi connectivity index (χ4v) is 3.18. The van der Waals surface area contributed by atoms with Crippen LogP contribution in [0.4, 0.5) is 10.1 Å². The molecule has 0 unspecified atom stereocenters. The van der Waals surface area contributed by atoms with Gasteiger partial charge in [0, 0.05) is 11.3 Å². The fraction of sp³-hybridized carbons (Fsp3) is 0.211. The molecule has 1 amide bonds. The molecule has 0 aliphatic heterocycles. The van der Waals surface area contributed by atoms with Crippen LogP contribution in [-0.2, 0) is 4.79 Å². The van der Waals surface area contributed by atoms with Crippen molar-refractivity contribution in [2.45, 2.75) is 24.3 Å². The number of thioether (sulfide) groups is 1. The predicted molar refractivity (Wildman–Crippen MR) is 107 cm³/mol. The molecule has 0 spiro atoms. The summed E-state index contributed by atoms with van der Waals surface area (Å²) in [5.74, 6) is 6.75. The van der Waals surface area contributed by atoms with E-state index in [0.29, 0.717) is 23.3 Å². The molecule has 0 bridgehead atoms. The second-order valence-corrected chi connectivity index (χ2v) is 7.20. The fourth-order valence-electron chi connectivity index (χ4n) is 2.41. The third-order valence-electron chi connectivity index (χ3n) is 3.85. The van der Waals surface area contributed by atoms with Crippen LogP contribution in [0.15, 0.2) is 53.7 Å². The molecule has 7 nitrogen and oxygen atoms in total. The van der Waals surface area contributed by atoms with Crippen molar-refractivity contribution in [1.29, 1.82) is 0 Å². The second-order valence-electron chi connectivity index (χ2n) is 5.89. The van der Waals surface area contributed by atoms with Crippen molar-refractivity contribution in [3.05, 3.63) is 54.3 Å². The van der Waals surface area contributed by atoms with Gasteiger partial charge in [0.05, 0.1) is 11.9 Å². The molecular formula is C19H20FN5O2S. The maximum Gasteiger partial charge on any atom is 0.237 e. The zero-order chi connectivity index (χ0) is 20.1. The lowest BCUT2D eigenvalue weighted by Gasteiger charge is -2.11. The van der Waals surface area contributed by atoms with Gasteiger partial charge in [-0.05, 0) is 62.4 Å². The number of amides is 1. The number of benzene rings is 2. The van der Waals surface area contributed by atoms with Gasteiger partial charge in [0.25, 0.3) is 0 Å². The summed E-state index contributed by atoms with van der Waals surface area (Å²) in [7, 11) is 0. The Hall–Kier alpha value is -3.07. The SMILES string of the molecule is CCOc1ccc(-c2nnc(S[C@H](C)C(=O)Nc3ccc(F)cc3)n2N)cc1. The first-order valence-corrected chi connectivity index (χ1v) is 9.52. The van der Waals surface area contributed by atoms with E-state index in [9.17, 15) is 9.18 Å². The topological polar surface area (TPSA) is 95.1 Å². The molecule has 3 rings (SSSR count). The predicted octanol–water partition coefficient (Wildman–Crippen LogP) is 3.32. The molecule has 1 heterocycles. The Morgan fingerprint density at radius 1 is 1.21 bits per heavy atom. The van der Waals surface area contributed by atoms with Gasteiger partial charge in [0.2, 0.25) is 11.1 Å². The molecule has 1 atom stereocenters. The minimum absolute atomic E-state index is 0.248. The van der Waals surface area contributed by atoms with E-state index in [0.717, 1.165) is 11.3 Å². The molecule has 0 aliphatic carbocycles. The third kappa shape index (κ3) is 4.61. The number of rotatable bonds is 7. The normalized spacial score (nSPS) is 11.8. The molecule has 0 saturated carbocycles. The van der Waals surface area contributed by atoms with Crippen molar-refractivity contribution in [1.82, 2.24) is 14.9 Å². The van der Waals surface area contributed by atoms with Crippen LogP contribution in [0.1, 0.15) is 13.8 Å². The highest BCUT2D eigenvalue weighted by Gasteiger charge is 2.20. The van der Waals surface area contributed by atoms with Crippen LogP contribution in [0, 0.1) is 5.82 Å². The van der Waals surface area contributed by atoms with Crippen LogP contribution in [0.25, 0.3) is 11.4 Å². The lowest BCUT2D eigenvalue weighted by Crippen LogP contribution is -2.23. The van der Waals surface area contributed by atoms with Gasteiger partial charge in [0.15, 0.2) is 5.82 Å². The minimum Gasteiger partial charge on any atom is -0.494 e. The summed E-state index contributed by atoms with van der Waals surface area (Å²) in [6.45, 7) is 4.24. The van der Waals surface area contributed by atoms with Crippen LogP contribution in [-0.4, -0.2) is 32.6 Å². The number of nitrogens with zero attached hydrogens (tertiary/aromatic N) is 3. The molecule has 0 aliphatic rings. The first-order valence-electron chi connectivity index (χ1n) is 8.64. The highest BCUT2D eigenvalue weighted by molar-refractivity contribution is 8.00.